The molecule has 2 aromatic rings. The van der Waals surface area contributed by atoms with Gasteiger partial charge >= 0.3 is 5.97 Å². The van der Waals surface area contributed by atoms with Crippen LogP contribution in [0.5, 0.6) is 0 Å². The zero-order chi connectivity index (χ0) is 20.3. The minimum absolute atomic E-state index is 0.156. The second-order valence-electron chi connectivity index (χ2n) is 6.44. The van der Waals surface area contributed by atoms with Gasteiger partial charge in [-0.25, -0.2) is 4.79 Å². The number of methoxy groups -OCH3 is 1. The molecule has 0 aromatic heterocycles. The number of imide groups is 1. The maximum absolute atomic E-state index is 12.7. The van der Waals surface area contributed by atoms with Crippen LogP contribution in [0.4, 0.5) is 10.5 Å². The van der Waals surface area contributed by atoms with Crippen molar-refractivity contribution in [2.24, 2.45) is 0 Å². The third kappa shape index (κ3) is 4.26. The number of thioether (sulfide) groups is 1. The van der Waals surface area contributed by atoms with Crippen molar-refractivity contribution in [1.29, 1.82) is 0 Å². The van der Waals surface area contributed by atoms with Crippen molar-refractivity contribution in [3.05, 3.63) is 70.1 Å². The number of anilines is 1. The second kappa shape index (κ2) is 8.31. The number of esters is 1. The highest BCUT2D eigenvalue weighted by Crippen LogP contribution is 2.33. The lowest BCUT2D eigenvalue weighted by Crippen LogP contribution is -2.27. The Labute approximate surface area is 167 Å². The number of benzene rings is 2. The van der Waals surface area contributed by atoms with Crippen molar-refractivity contribution in [3.8, 4) is 0 Å². The lowest BCUT2D eigenvalue weighted by atomic mass is 10.1. The zero-order valence-corrected chi connectivity index (χ0v) is 16.7. The molecule has 1 aliphatic rings. The average molecular weight is 396 g/mol. The van der Waals surface area contributed by atoms with Gasteiger partial charge in [-0.2, -0.15) is 0 Å². The summed E-state index contributed by atoms with van der Waals surface area (Å²) in [5.41, 5.74) is 3.09. The molecule has 0 atom stereocenters. The van der Waals surface area contributed by atoms with Crippen molar-refractivity contribution in [2.45, 2.75) is 6.54 Å². The predicted octanol–water partition coefficient (Wildman–Crippen LogP) is 3.78. The van der Waals surface area contributed by atoms with Crippen LogP contribution >= 0.6 is 11.8 Å². The van der Waals surface area contributed by atoms with Crippen molar-refractivity contribution in [3.63, 3.8) is 0 Å². The van der Waals surface area contributed by atoms with Crippen molar-refractivity contribution >= 4 is 40.6 Å². The first-order valence-corrected chi connectivity index (χ1v) is 9.40. The van der Waals surface area contributed by atoms with E-state index in [1.165, 1.54) is 12.0 Å². The fourth-order valence-electron chi connectivity index (χ4n) is 2.70. The van der Waals surface area contributed by atoms with Gasteiger partial charge in [0.05, 0.1) is 24.1 Å². The summed E-state index contributed by atoms with van der Waals surface area (Å²) in [7, 11) is 5.23. The average Bonchev–Trinajstić information content (AvgIpc) is 2.95. The van der Waals surface area contributed by atoms with Crippen LogP contribution in [0.25, 0.3) is 6.08 Å². The molecule has 6 nitrogen and oxygen atoms in total. The Hall–Kier alpha value is -3.06. The van der Waals surface area contributed by atoms with Gasteiger partial charge in [-0.15, -0.1) is 0 Å². The predicted molar refractivity (Wildman–Crippen MR) is 110 cm³/mol. The Balaban J connectivity index is 1.73. The summed E-state index contributed by atoms with van der Waals surface area (Å²) in [5.74, 6) is -0.746. The molecule has 0 spiro atoms. The van der Waals surface area contributed by atoms with E-state index in [4.69, 9.17) is 0 Å². The highest BCUT2D eigenvalue weighted by molar-refractivity contribution is 8.18. The highest BCUT2D eigenvalue weighted by atomic mass is 32.2. The Morgan fingerprint density at radius 2 is 1.71 bits per heavy atom. The van der Waals surface area contributed by atoms with Crippen molar-refractivity contribution in [1.82, 2.24) is 4.90 Å². The van der Waals surface area contributed by atoms with Gasteiger partial charge in [0.15, 0.2) is 0 Å². The summed E-state index contributed by atoms with van der Waals surface area (Å²) in [6.45, 7) is 0.156. The summed E-state index contributed by atoms with van der Waals surface area (Å²) < 4.78 is 4.66. The first kappa shape index (κ1) is 19.7. The number of rotatable bonds is 5. The first-order chi connectivity index (χ1) is 13.4. The van der Waals surface area contributed by atoms with Crippen LogP contribution in [-0.2, 0) is 16.1 Å². The molecule has 0 bridgehead atoms. The van der Waals surface area contributed by atoms with Crippen LogP contribution in [0.15, 0.2) is 53.4 Å². The Bertz CT molecular complexity index is 934. The summed E-state index contributed by atoms with van der Waals surface area (Å²) in [4.78, 5) is 40.0. The van der Waals surface area contributed by atoms with E-state index in [-0.39, 0.29) is 17.7 Å². The Morgan fingerprint density at radius 3 is 2.29 bits per heavy atom. The zero-order valence-electron chi connectivity index (χ0n) is 15.8. The second-order valence-corrected chi connectivity index (χ2v) is 7.44. The van der Waals surface area contributed by atoms with Crippen molar-refractivity contribution < 1.29 is 19.1 Å². The number of nitrogens with zero attached hydrogens (tertiary/aromatic N) is 2. The Morgan fingerprint density at radius 1 is 1.07 bits per heavy atom. The van der Waals surface area contributed by atoms with Gasteiger partial charge in [-0.05, 0) is 53.2 Å². The van der Waals surface area contributed by atoms with Crippen LogP contribution in [0.1, 0.15) is 21.5 Å². The van der Waals surface area contributed by atoms with Crippen LogP contribution in [-0.4, -0.2) is 43.2 Å². The third-order valence-corrected chi connectivity index (χ3v) is 5.20. The molecule has 0 saturated carbocycles. The lowest BCUT2D eigenvalue weighted by Gasteiger charge is -2.13. The smallest absolute Gasteiger partial charge is 0.337 e. The SMILES string of the molecule is COC(=O)c1ccc(CN2C(=O)S/C(=C\c3ccc(N(C)C)cc3)C2=O)cc1. The molecule has 0 aliphatic carbocycles. The van der Waals surface area contributed by atoms with Gasteiger partial charge in [-0.1, -0.05) is 24.3 Å². The molecule has 1 aliphatic heterocycles. The van der Waals surface area contributed by atoms with E-state index in [2.05, 4.69) is 4.74 Å². The normalized spacial score (nSPS) is 15.2. The lowest BCUT2D eigenvalue weighted by molar-refractivity contribution is -0.123. The van der Waals surface area contributed by atoms with Crippen LogP contribution in [0, 0.1) is 0 Å². The summed E-state index contributed by atoms with van der Waals surface area (Å²) in [6, 6.07) is 14.4. The molecule has 7 heteroatoms. The molecule has 1 saturated heterocycles. The van der Waals surface area contributed by atoms with Crippen LogP contribution in [0.3, 0.4) is 0 Å². The number of carbonyl (C=O) groups is 3. The monoisotopic (exact) mass is 396 g/mol. The van der Waals surface area contributed by atoms with Gasteiger partial charge in [0.25, 0.3) is 11.1 Å². The van der Waals surface area contributed by atoms with Gasteiger partial charge in [0, 0.05) is 19.8 Å². The maximum atomic E-state index is 12.7. The molecular weight excluding hydrogens is 376 g/mol. The van der Waals surface area contributed by atoms with E-state index in [9.17, 15) is 14.4 Å². The number of carbonyl (C=O) groups excluding carboxylic acids is 3. The molecule has 2 amide bonds. The fraction of sp³-hybridized carbons (Fsp3) is 0.190. The Kier molecular flexibility index (Phi) is 5.84. The van der Waals surface area contributed by atoms with Crippen LogP contribution < -0.4 is 4.90 Å². The molecule has 0 N–H and O–H groups in total. The van der Waals surface area contributed by atoms with Gasteiger partial charge in [0.1, 0.15) is 0 Å². The van der Waals surface area contributed by atoms with E-state index < -0.39 is 5.97 Å². The number of hydrogen-bond acceptors (Lipinski definition) is 6. The number of amides is 2. The van der Waals surface area contributed by atoms with Crippen LogP contribution in [0.2, 0.25) is 0 Å². The highest BCUT2D eigenvalue weighted by Gasteiger charge is 2.34. The minimum Gasteiger partial charge on any atom is -0.465 e. The number of hydrogen-bond donors (Lipinski definition) is 0. The molecule has 0 radical (unpaired) electrons. The molecule has 1 fully saturated rings. The van der Waals surface area contributed by atoms with E-state index in [0.29, 0.717) is 10.5 Å². The summed E-state index contributed by atoms with van der Waals surface area (Å²) >= 11 is 0.932. The molecule has 28 heavy (non-hydrogen) atoms. The summed E-state index contributed by atoms with van der Waals surface area (Å²) in [5, 5.41) is -0.307. The van der Waals surface area contributed by atoms with E-state index >= 15 is 0 Å². The topological polar surface area (TPSA) is 66.9 Å². The maximum Gasteiger partial charge on any atom is 0.337 e. The van der Waals surface area contributed by atoms with Gasteiger partial charge < -0.3 is 9.64 Å². The van der Waals surface area contributed by atoms with Gasteiger partial charge in [0.2, 0.25) is 0 Å². The van der Waals surface area contributed by atoms with Crippen molar-refractivity contribution in [2.75, 3.05) is 26.1 Å². The molecule has 1 heterocycles. The molecule has 0 unspecified atom stereocenters. The molecular formula is C21H20N2O4S. The fourth-order valence-corrected chi connectivity index (χ4v) is 3.54. The summed E-state index contributed by atoms with van der Waals surface area (Å²) in [6.07, 6.45) is 1.73. The first-order valence-electron chi connectivity index (χ1n) is 8.59. The van der Waals surface area contributed by atoms with E-state index in [1.54, 1.807) is 30.3 Å². The molecule has 144 valence electrons. The quantitative estimate of drug-likeness (QED) is 0.566. The number of ether oxygens (including phenoxy) is 1. The molecule has 2 aromatic carbocycles. The van der Waals surface area contributed by atoms with E-state index in [0.717, 1.165) is 28.6 Å². The van der Waals surface area contributed by atoms with E-state index in [1.807, 2.05) is 43.3 Å². The minimum atomic E-state index is -0.430. The standard InChI is InChI=1S/C21H20N2O4S/c1-22(2)17-10-6-14(7-11-17)12-18-19(24)23(21(26)28-18)13-15-4-8-16(9-5-15)20(25)27-3/h4-12H,13H2,1-3H3/b18-12-. The third-order valence-electron chi connectivity index (χ3n) is 4.30. The largest absolute Gasteiger partial charge is 0.465 e. The van der Waals surface area contributed by atoms with Gasteiger partial charge in [-0.3, -0.25) is 14.5 Å². The molecule has 3 rings (SSSR count).